The number of terminal acetylenes is 1. The normalized spacial score (nSPS) is 15.3. The van der Waals surface area contributed by atoms with E-state index < -0.39 is 10.1 Å². The fourth-order valence-electron chi connectivity index (χ4n) is 2.15. The van der Waals surface area contributed by atoms with Crippen LogP contribution in [0.4, 0.5) is 0 Å². The van der Waals surface area contributed by atoms with Gasteiger partial charge >= 0.3 is 0 Å². The maximum atomic E-state index is 12.5. The summed E-state index contributed by atoms with van der Waals surface area (Å²) >= 11 is 0. The number of morpholine rings is 1. The molecule has 0 radical (unpaired) electrons. The van der Waals surface area contributed by atoms with Gasteiger partial charge in [0.15, 0.2) is 0 Å². The van der Waals surface area contributed by atoms with Gasteiger partial charge in [0, 0.05) is 18.7 Å². The van der Waals surface area contributed by atoms with Crippen molar-refractivity contribution in [2.24, 2.45) is 0 Å². The smallest absolute Gasteiger partial charge is 0.272 e. The molecule has 22 heavy (non-hydrogen) atoms. The molecular weight excluding hydrogens is 306 g/mol. The minimum atomic E-state index is -3.82. The number of nitrogens with zero attached hydrogens (tertiary/aromatic N) is 1. The Balaban J connectivity index is 2.19. The van der Waals surface area contributed by atoms with Crippen LogP contribution in [0.2, 0.25) is 0 Å². The zero-order valence-corrected chi connectivity index (χ0v) is 12.8. The molecule has 0 saturated carbocycles. The molecule has 1 fully saturated rings. The molecule has 0 atom stereocenters. The standard InChI is InChI=1S/C15H17NO5S/c1-2-9-21-22(18,19)12-13-5-3-4-6-14(13)15(17)16-7-10-20-11-8-16/h1,3-6H,7-12H2. The average Bonchev–Trinajstić information content (AvgIpc) is 2.53. The maximum Gasteiger partial charge on any atom is 0.272 e. The summed E-state index contributed by atoms with van der Waals surface area (Å²) in [4.78, 5) is 14.2. The van der Waals surface area contributed by atoms with Gasteiger partial charge in [0.1, 0.15) is 12.4 Å². The van der Waals surface area contributed by atoms with Crippen LogP contribution in [-0.4, -0.2) is 52.1 Å². The highest BCUT2D eigenvalue weighted by molar-refractivity contribution is 7.85. The third-order valence-corrected chi connectivity index (χ3v) is 4.34. The van der Waals surface area contributed by atoms with E-state index in [0.717, 1.165) is 0 Å². The summed E-state index contributed by atoms with van der Waals surface area (Å²) in [5, 5.41) is 0. The Labute approximate surface area is 130 Å². The molecule has 1 aromatic rings. The first-order valence-corrected chi connectivity index (χ1v) is 8.37. The van der Waals surface area contributed by atoms with Crippen LogP contribution >= 0.6 is 0 Å². The lowest BCUT2D eigenvalue weighted by atomic mass is 10.1. The highest BCUT2D eigenvalue weighted by Gasteiger charge is 2.23. The fourth-order valence-corrected chi connectivity index (χ4v) is 3.11. The van der Waals surface area contributed by atoms with Gasteiger partial charge in [0.05, 0.1) is 13.2 Å². The van der Waals surface area contributed by atoms with Crippen molar-refractivity contribution in [2.45, 2.75) is 5.75 Å². The zero-order chi connectivity index (χ0) is 16.0. The molecule has 1 aliphatic rings. The minimum absolute atomic E-state index is 0.203. The second-order valence-electron chi connectivity index (χ2n) is 4.73. The molecule has 0 N–H and O–H groups in total. The van der Waals surface area contributed by atoms with Crippen molar-refractivity contribution in [3.05, 3.63) is 35.4 Å². The maximum absolute atomic E-state index is 12.5. The Morgan fingerprint density at radius 2 is 2.00 bits per heavy atom. The summed E-state index contributed by atoms with van der Waals surface area (Å²) in [5.41, 5.74) is 0.758. The van der Waals surface area contributed by atoms with E-state index >= 15 is 0 Å². The SMILES string of the molecule is C#CCOS(=O)(=O)Cc1ccccc1C(=O)N1CCOCC1. The Morgan fingerprint density at radius 3 is 2.68 bits per heavy atom. The monoisotopic (exact) mass is 323 g/mol. The lowest BCUT2D eigenvalue weighted by Crippen LogP contribution is -2.41. The Bertz CT molecular complexity index is 671. The summed E-state index contributed by atoms with van der Waals surface area (Å²) in [5.74, 6) is 1.52. The molecule has 0 unspecified atom stereocenters. The van der Waals surface area contributed by atoms with E-state index in [4.69, 9.17) is 11.2 Å². The lowest BCUT2D eigenvalue weighted by Gasteiger charge is -2.27. The van der Waals surface area contributed by atoms with Gasteiger partial charge in [-0.2, -0.15) is 8.42 Å². The molecule has 7 heteroatoms. The van der Waals surface area contributed by atoms with Gasteiger partial charge in [0.2, 0.25) is 0 Å². The fraction of sp³-hybridized carbons (Fsp3) is 0.400. The van der Waals surface area contributed by atoms with Gasteiger partial charge in [-0.05, 0) is 11.6 Å². The van der Waals surface area contributed by atoms with Gasteiger partial charge in [-0.15, -0.1) is 6.42 Å². The molecule has 6 nitrogen and oxygen atoms in total. The number of amides is 1. The first-order chi connectivity index (χ1) is 10.5. The quantitative estimate of drug-likeness (QED) is 0.587. The predicted octanol–water partition coefficient (Wildman–Crippen LogP) is 0.639. The van der Waals surface area contributed by atoms with Crippen molar-refractivity contribution >= 4 is 16.0 Å². The zero-order valence-electron chi connectivity index (χ0n) is 12.0. The molecule has 1 heterocycles. The number of rotatable bonds is 5. The molecule has 2 rings (SSSR count). The summed E-state index contributed by atoms with van der Waals surface area (Å²) in [7, 11) is -3.82. The van der Waals surface area contributed by atoms with Crippen molar-refractivity contribution < 1.29 is 22.1 Å². The number of carbonyl (C=O) groups is 1. The average molecular weight is 323 g/mol. The van der Waals surface area contributed by atoms with Gasteiger partial charge in [-0.3, -0.25) is 8.98 Å². The molecule has 0 bridgehead atoms. The summed E-state index contributed by atoms with van der Waals surface area (Å²) in [6.45, 7) is 1.64. The highest BCUT2D eigenvalue weighted by atomic mass is 32.2. The van der Waals surface area contributed by atoms with E-state index in [1.165, 1.54) is 0 Å². The first-order valence-electron chi connectivity index (χ1n) is 6.79. The highest BCUT2D eigenvalue weighted by Crippen LogP contribution is 2.16. The van der Waals surface area contributed by atoms with E-state index in [1.54, 1.807) is 29.2 Å². The molecule has 1 amide bonds. The van der Waals surface area contributed by atoms with Crippen LogP contribution in [0.15, 0.2) is 24.3 Å². The molecule has 0 aromatic heterocycles. The molecule has 0 aliphatic carbocycles. The molecule has 0 spiro atoms. The minimum Gasteiger partial charge on any atom is -0.378 e. The molecule has 1 aromatic carbocycles. The number of ether oxygens (including phenoxy) is 1. The molecule has 1 aliphatic heterocycles. The third-order valence-electron chi connectivity index (χ3n) is 3.20. The topological polar surface area (TPSA) is 72.9 Å². The summed E-state index contributed by atoms with van der Waals surface area (Å²) in [6, 6.07) is 6.60. The van der Waals surface area contributed by atoms with E-state index in [1.807, 2.05) is 0 Å². The van der Waals surface area contributed by atoms with Crippen molar-refractivity contribution in [1.29, 1.82) is 0 Å². The second kappa shape index (κ2) is 7.40. The van der Waals surface area contributed by atoms with Crippen LogP contribution in [0.1, 0.15) is 15.9 Å². The van der Waals surface area contributed by atoms with Crippen molar-refractivity contribution in [1.82, 2.24) is 4.90 Å². The van der Waals surface area contributed by atoms with Crippen LogP contribution < -0.4 is 0 Å². The lowest BCUT2D eigenvalue weighted by molar-refractivity contribution is 0.0302. The predicted molar refractivity (Wildman–Crippen MR) is 80.6 cm³/mol. The van der Waals surface area contributed by atoms with Crippen LogP contribution in [-0.2, 0) is 24.8 Å². The number of carbonyl (C=O) groups excluding carboxylic acids is 1. The largest absolute Gasteiger partial charge is 0.378 e. The van der Waals surface area contributed by atoms with E-state index in [9.17, 15) is 13.2 Å². The molecule has 1 saturated heterocycles. The van der Waals surface area contributed by atoms with Gasteiger partial charge in [0.25, 0.3) is 16.0 Å². The van der Waals surface area contributed by atoms with Crippen LogP contribution in [0, 0.1) is 12.3 Å². The van der Waals surface area contributed by atoms with Crippen LogP contribution in [0.25, 0.3) is 0 Å². The number of hydrogen-bond donors (Lipinski definition) is 0. The number of benzene rings is 1. The first kappa shape index (κ1) is 16.5. The third kappa shape index (κ3) is 4.31. The molecule has 118 valence electrons. The summed E-state index contributed by atoms with van der Waals surface area (Å²) in [6.07, 6.45) is 4.99. The van der Waals surface area contributed by atoms with Crippen molar-refractivity contribution in [3.63, 3.8) is 0 Å². The van der Waals surface area contributed by atoms with Gasteiger partial charge in [-0.1, -0.05) is 24.1 Å². The molecular formula is C15H17NO5S. The van der Waals surface area contributed by atoms with Crippen LogP contribution in [0.5, 0.6) is 0 Å². The van der Waals surface area contributed by atoms with Gasteiger partial charge in [-0.25, -0.2) is 0 Å². The van der Waals surface area contributed by atoms with E-state index in [-0.39, 0.29) is 18.3 Å². The van der Waals surface area contributed by atoms with Crippen molar-refractivity contribution in [2.75, 3.05) is 32.9 Å². The summed E-state index contributed by atoms with van der Waals surface area (Å²) < 4.78 is 33.6. The van der Waals surface area contributed by atoms with Crippen molar-refractivity contribution in [3.8, 4) is 12.3 Å². The Kier molecular flexibility index (Phi) is 5.55. The van der Waals surface area contributed by atoms with Gasteiger partial charge < -0.3 is 9.64 Å². The van der Waals surface area contributed by atoms with Crippen LogP contribution in [0.3, 0.4) is 0 Å². The van der Waals surface area contributed by atoms with E-state index in [0.29, 0.717) is 37.4 Å². The Morgan fingerprint density at radius 1 is 1.32 bits per heavy atom. The number of hydrogen-bond acceptors (Lipinski definition) is 5. The Hall–Kier alpha value is -1.88. The second-order valence-corrected chi connectivity index (χ2v) is 6.37. The van der Waals surface area contributed by atoms with E-state index in [2.05, 4.69) is 10.1 Å².